The first-order chi connectivity index (χ1) is 11.0. The molecule has 0 radical (unpaired) electrons. The second-order valence-electron chi connectivity index (χ2n) is 5.50. The Morgan fingerprint density at radius 2 is 1.91 bits per heavy atom. The molecule has 3 aromatic rings. The van der Waals surface area contributed by atoms with Crippen LogP contribution in [0.1, 0.15) is 16.9 Å². The lowest BCUT2D eigenvalue weighted by molar-refractivity contribution is 0.300. The van der Waals surface area contributed by atoms with Gasteiger partial charge in [0.25, 0.3) is 5.56 Å². The Hall–Kier alpha value is -2.34. The number of hydrogen-bond acceptors (Lipinski definition) is 4. The minimum Gasteiger partial charge on any atom is -0.494 e. The van der Waals surface area contributed by atoms with Gasteiger partial charge < -0.3 is 4.74 Å². The topological polar surface area (TPSA) is 64.1 Å². The molecule has 0 unspecified atom stereocenters. The Balaban J connectivity index is 1.68. The Kier molecular flexibility index (Phi) is 4.34. The van der Waals surface area contributed by atoms with Crippen molar-refractivity contribution in [3.05, 3.63) is 61.6 Å². The van der Waals surface area contributed by atoms with Gasteiger partial charge in [0.2, 0.25) is 0 Å². The van der Waals surface area contributed by atoms with E-state index >= 15 is 0 Å². The quantitative estimate of drug-likeness (QED) is 0.732. The van der Waals surface area contributed by atoms with Gasteiger partial charge in [0.1, 0.15) is 10.6 Å². The third-order valence-electron chi connectivity index (χ3n) is 3.61. The van der Waals surface area contributed by atoms with Gasteiger partial charge in [-0.3, -0.25) is 14.3 Å². The number of fused-ring (bicyclic) bond motifs is 1. The Labute approximate surface area is 137 Å². The van der Waals surface area contributed by atoms with Gasteiger partial charge in [-0.1, -0.05) is 17.7 Å². The van der Waals surface area contributed by atoms with Crippen LogP contribution in [0.25, 0.3) is 10.2 Å². The van der Waals surface area contributed by atoms with Crippen molar-refractivity contribution in [1.29, 1.82) is 0 Å². The molecule has 1 aromatic carbocycles. The molecular weight excluding hydrogens is 312 g/mol. The lowest BCUT2D eigenvalue weighted by atomic mass is 10.2. The summed E-state index contributed by atoms with van der Waals surface area (Å²) in [5.41, 5.74) is 0.581. The van der Waals surface area contributed by atoms with Crippen LogP contribution in [0.5, 0.6) is 5.75 Å². The van der Waals surface area contributed by atoms with Crippen molar-refractivity contribution in [1.82, 2.24) is 9.55 Å². The van der Waals surface area contributed by atoms with Crippen LogP contribution in [0.3, 0.4) is 0 Å². The molecule has 23 heavy (non-hydrogen) atoms. The Morgan fingerprint density at radius 1 is 1.17 bits per heavy atom. The van der Waals surface area contributed by atoms with Gasteiger partial charge in [-0.2, -0.15) is 0 Å². The van der Waals surface area contributed by atoms with Gasteiger partial charge in [0.05, 0.1) is 12.0 Å². The fourth-order valence-electron chi connectivity index (χ4n) is 2.42. The predicted molar refractivity (Wildman–Crippen MR) is 92.7 cm³/mol. The predicted octanol–water partition coefficient (Wildman–Crippen LogP) is 2.84. The van der Waals surface area contributed by atoms with Gasteiger partial charge in [-0.05, 0) is 38.5 Å². The first-order valence-corrected chi connectivity index (χ1v) is 8.29. The molecule has 0 spiro atoms. The number of aromatic amines is 1. The van der Waals surface area contributed by atoms with Gasteiger partial charge in [-0.15, -0.1) is 11.3 Å². The van der Waals surface area contributed by atoms with E-state index in [0.29, 0.717) is 29.8 Å². The van der Waals surface area contributed by atoms with Crippen molar-refractivity contribution in [2.45, 2.75) is 26.8 Å². The molecule has 0 amide bonds. The molecule has 0 bridgehead atoms. The molecule has 1 N–H and O–H groups in total. The number of H-pyrrole nitrogens is 1. The van der Waals surface area contributed by atoms with Crippen LogP contribution in [0.4, 0.5) is 0 Å². The number of rotatable bonds is 5. The zero-order chi connectivity index (χ0) is 16.4. The minimum atomic E-state index is -0.361. The molecule has 0 atom stereocenters. The molecule has 6 heteroatoms. The molecule has 0 fully saturated rings. The van der Waals surface area contributed by atoms with Crippen LogP contribution in [0.2, 0.25) is 0 Å². The molecule has 2 heterocycles. The van der Waals surface area contributed by atoms with Crippen LogP contribution < -0.4 is 16.0 Å². The number of aromatic nitrogens is 2. The summed E-state index contributed by atoms with van der Waals surface area (Å²) in [5, 5.41) is 0.576. The first-order valence-electron chi connectivity index (χ1n) is 7.47. The molecule has 0 aliphatic rings. The average molecular weight is 330 g/mol. The molecular formula is C17H18N2O3S. The summed E-state index contributed by atoms with van der Waals surface area (Å²) < 4.78 is 6.87. The maximum atomic E-state index is 12.4. The van der Waals surface area contributed by atoms with Crippen LogP contribution in [-0.2, 0) is 6.54 Å². The highest BCUT2D eigenvalue weighted by Crippen LogP contribution is 2.18. The summed E-state index contributed by atoms with van der Waals surface area (Å²) in [6.45, 7) is 4.73. The van der Waals surface area contributed by atoms with Crippen LogP contribution in [-0.4, -0.2) is 16.2 Å². The Morgan fingerprint density at radius 3 is 2.65 bits per heavy atom. The van der Waals surface area contributed by atoms with Crippen molar-refractivity contribution < 1.29 is 4.74 Å². The summed E-state index contributed by atoms with van der Waals surface area (Å²) >= 11 is 1.42. The van der Waals surface area contributed by atoms with E-state index in [-0.39, 0.29) is 11.2 Å². The molecule has 3 rings (SSSR count). The number of benzene rings is 1. The van der Waals surface area contributed by atoms with Crippen LogP contribution in [0.15, 0.2) is 39.9 Å². The molecule has 0 aliphatic heterocycles. The smallest absolute Gasteiger partial charge is 0.329 e. The summed E-state index contributed by atoms with van der Waals surface area (Å²) in [4.78, 5) is 28.8. The number of ether oxygens (including phenoxy) is 1. The zero-order valence-corrected chi connectivity index (χ0v) is 13.9. The second-order valence-corrected chi connectivity index (χ2v) is 6.76. The summed E-state index contributed by atoms with van der Waals surface area (Å²) in [7, 11) is 0. The van der Waals surface area contributed by atoms with Gasteiger partial charge in [-0.25, -0.2) is 4.79 Å². The van der Waals surface area contributed by atoms with Crippen molar-refractivity contribution in [2.75, 3.05) is 6.61 Å². The van der Waals surface area contributed by atoms with E-state index in [4.69, 9.17) is 4.74 Å². The van der Waals surface area contributed by atoms with E-state index < -0.39 is 0 Å². The second kappa shape index (κ2) is 6.42. The van der Waals surface area contributed by atoms with Crippen molar-refractivity contribution in [2.24, 2.45) is 0 Å². The van der Waals surface area contributed by atoms with Crippen molar-refractivity contribution >= 4 is 21.6 Å². The SMILES string of the molecule is Cc1ccc(OCCCn2c(=O)[nH]c3sc(C)cc3c2=O)cc1. The molecule has 120 valence electrons. The van der Waals surface area contributed by atoms with Gasteiger partial charge >= 0.3 is 5.69 Å². The number of hydrogen-bond donors (Lipinski definition) is 1. The third kappa shape index (κ3) is 3.37. The summed E-state index contributed by atoms with van der Waals surface area (Å²) in [6, 6.07) is 9.61. The standard InChI is InChI=1S/C17H18N2O3S/c1-11-4-6-13(7-5-11)22-9-3-8-19-16(20)14-10-12(2)23-15(14)18-17(19)21/h4-7,10H,3,8-9H2,1-2H3,(H,18,21). The maximum Gasteiger partial charge on any atom is 0.329 e. The molecule has 0 saturated carbocycles. The highest BCUT2D eigenvalue weighted by molar-refractivity contribution is 7.18. The van der Waals surface area contributed by atoms with Crippen LogP contribution >= 0.6 is 11.3 Å². The van der Waals surface area contributed by atoms with E-state index in [2.05, 4.69) is 4.98 Å². The fourth-order valence-corrected chi connectivity index (χ4v) is 3.31. The average Bonchev–Trinajstić information content (AvgIpc) is 2.88. The van der Waals surface area contributed by atoms with E-state index in [1.807, 2.05) is 44.2 Å². The van der Waals surface area contributed by atoms with Crippen molar-refractivity contribution in [3.8, 4) is 5.75 Å². The largest absolute Gasteiger partial charge is 0.494 e. The number of nitrogens with one attached hydrogen (secondary N) is 1. The Bertz CT molecular complexity index is 935. The van der Waals surface area contributed by atoms with Gasteiger partial charge in [0.15, 0.2) is 0 Å². The highest BCUT2D eigenvalue weighted by Gasteiger charge is 2.09. The molecule has 5 nitrogen and oxygen atoms in total. The molecule has 0 aliphatic carbocycles. The monoisotopic (exact) mass is 330 g/mol. The van der Waals surface area contributed by atoms with Gasteiger partial charge in [0, 0.05) is 11.4 Å². The fraction of sp³-hybridized carbons (Fsp3) is 0.294. The lowest BCUT2D eigenvalue weighted by Gasteiger charge is -2.07. The highest BCUT2D eigenvalue weighted by atomic mass is 32.1. The van der Waals surface area contributed by atoms with Crippen molar-refractivity contribution in [3.63, 3.8) is 0 Å². The lowest BCUT2D eigenvalue weighted by Crippen LogP contribution is -2.35. The number of aryl methyl sites for hydroxylation is 2. The van der Waals surface area contributed by atoms with Crippen LogP contribution in [0, 0.1) is 13.8 Å². The number of nitrogens with zero attached hydrogens (tertiary/aromatic N) is 1. The summed E-state index contributed by atoms with van der Waals surface area (Å²) in [5.74, 6) is 0.792. The normalized spacial score (nSPS) is 11.0. The number of thiophene rings is 1. The first kappa shape index (κ1) is 15.6. The molecule has 0 saturated heterocycles. The zero-order valence-electron chi connectivity index (χ0n) is 13.1. The molecule has 2 aromatic heterocycles. The summed E-state index contributed by atoms with van der Waals surface area (Å²) in [6.07, 6.45) is 0.589. The minimum absolute atomic E-state index is 0.233. The third-order valence-corrected chi connectivity index (χ3v) is 4.58. The van der Waals surface area contributed by atoms with E-state index in [9.17, 15) is 9.59 Å². The van der Waals surface area contributed by atoms with E-state index in [1.165, 1.54) is 21.5 Å². The van der Waals surface area contributed by atoms with E-state index in [0.717, 1.165) is 10.6 Å². The maximum absolute atomic E-state index is 12.4. The van der Waals surface area contributed by atoms with E-state index in [1.54, 1.807) is 0 Å².